The topological polar surface area (TPSA) is 121 Å². The number of carbonyl (C=O) groups is 3. The van der Waals surface area contributed by atoms with Gasteiger partial charge in [0.1, 0.15) is 12.4 Å². The van der Waals surface area contributed by atoms with Crippen molar-refractivity contribution in [1.82, 2.24) is 20.5 Å². The van der Waals surface area contributed by atoms with Gasteiger partial charge in [0.05, 0.1) is 6.54 Å². The zero-order valence-corrected chi connectivity index (χ0v) is 19.4. The van der Waals surface area contributed by atoms with Gasteiger partial charge in [-0.3, -0.25) is 19.7 Å². The van der Waals surface area contributed by atoms with Crippen molar-refractivity contribution in [2.45, 2.75) is 19.0 Å². The molecule has 0 aliphatic carbocycles. The van der Waals surface area contributed by atoms with Gasteiger partial charge in [0, 0.05) is 24.4 Å². The van der Waals surface area contributed by atoms with Gasteiger partial charge in [0.15, 0.2) is 5.54 Å². The van der Waals surface area contributed by atoms with E-state index in [9.17, 15) is 19.2 Å². The molecule has 2 aliphatic heterocycles. The smallest absolute Gasteiger partial charge is 0.322 e. The number of pyridine rings is 1. The number of imide groups is 1. The van der Waals surface area contributed by atoms with Crippen LogP contribution < -0.4 is 20.9 Å². The number of carbonyl (C=O) groups excluding carboxylic acids is 3. The highest BCUT2D eigenvalue weighted by molar-refractivity contribution is 6.08. The monoisotopic (exact) mass is 482 g/mol. The Hall–Kier alpha value is -4.84. The zero-order chi connectivity index (χ0) is 25.3. The molecule has 0 radical (unpaired) electrons. The van der Waals surface area contributed by atoms with Crippen LogP contribution in [0.4, 0.5) is 4.79 Å². The molecule has 36 heavy (non-hydrogen) atoms. The van der Waals surface area contributed by atoms with E-state index >= 15 is 0 Å². The number of hydrogen-bond acceptors (Lipinski definition) is 5. The second-order valence-corrected chi connectivity index (χ2v) is 8.53. The molecular formula is C27H22N4O5. The van der Waals surface area contributed by atoms with Crippen molar-refractivity contribution in [3.05, 3.63) is 87.8 Å². The Balaban J connectivity index is 1.43. The Labute approximate surface area is 206 Å². The van der Waals surface area contributed by atoms with Gasteiger partial charge < -0.3 is 19.9 Å². The van der Waals surface area contributed by atoms with Crippen LogP contribution in [0.1, 0.15) is 28.4 Å². The maximum Gasteiger partial charge on any atom is 0.322 e. The minimum absolute atomic E-state index is 0.0556. The van der Waals surface area contributed by atoms with Crippen molar-refractivity contribution in [2.24, 2.45) is 0 Å². The third-order valence-corrected chi connectivity index (χ3v) is 6.30. The first-order valence-corrected chi connectivity index (χ1v) is 11.3. The number of hydrogen-bond donors (Lipinski definition) is 3. The molecule has 9 nitrogen and oxygen atoms in total. The number of H-pyrrole nitrogens is 1. The largest absolute Gasteiger partial charge is 0.481 e. The van der Waals surface area contributed by atoms with Crippen molar-refractivity contribution in [3.8, 4) is 28.7 Å². The molecular weight excluding hydrogens is 460 g/mol. The lowest BCUT2D eigenvalue weighted by molar-refractivity contribution is -0.124. The van der Waals surface area contributed by atoms with Crippen LogP contribution >= 0.6 is 0 Å². The van der Waals surface area contributed by atoms with Crippen LogP contribution in [0, 0.1) is 11.8 Å². The van der Waals surface area contributed by atoms with Crippen LogP contribution in [0.2, 0.25) is 0 Å². The summed E-state index contributed by atoms with van der Waals surface area (Å²) >= 11 is 0. The van der Waals surface area contributed by atoms with E-state index in [0.29, 0.717) is 29.0 Å². The predicted molar refractivity (Wildman–Crippen MR) is 131 cm³/mol. The fourth-order valence-electron chi connectivity index (χ4n) is 4.50. The second kappa shape index (κ2) is 9.07. The molecule has 3 aromatic rings. The van der Waals surface area contributed by atoms with Crippen LogP contribution in [0.15, 0.2) is 65.6 Å². The molecule has 1 fully saturated rings. The quantitative estimate of drug-likeness (QED) is 0.367. The zero-order valence-electron chi connectivity index (χ0n) is 19.4. The van der Waals surface area contributed by atoms with E-state index in [1.54, 1.807) is 55.6 Å². The Kier molecular flexibility index (Phi) is 5.78. The number of aromatic nitrogens is 1. The lowest BCUT2D eigenvalue weighted by atomic mass is 9.88. The number of rotatable bonds is 6. The highest BCUT2D eigenvalue weighted by atomic mass is 16.5. The number of fused-ring (bicyclic) bond motifs is 1. The van der Waals surface area contributed by atoms with Crippen LogP contribution in [0.3, 0.4) is 0 Å². The molecule has 0 unspecified atom stereocenters. The van der Waals surface area contributed by atoms with Gasteiger partial charge in [-0.1, -0.05) is 36.3 Å². The number of benzene rings is 2. The van der Waals surface area contributed by atoms with Crippen LogP contribution in [-0.2, 0) is 16.9 Å². The molecule has 0 spiro atoms. The molecule has 2 aliphatic rings. The summed E-state index contributed by atoms with van der Waals surface area (Å²) in [5, 5.41) is 5.04. The highest BCUT2D eigenvalue weighted by Crippen LogP contribution is 2.33. The van der Waals surface area contributed by atoms with E-state index in [4.69, 9.17) is 4.74 Å². The van der Waals surface area contributed by atoms with Gasteiger partial charge in [-0.15, -0.1) is 5.92 Å². The Bertz CT molecular complexity index is 1500. The molecule has 1 atom stereocenters. The molecule has 5 rings (SSSR count). The third kappa shape index (κ3) is 4.09. The van der Waals surface area contributed by atoms with Gasteiger partial charge in [-0.05, 0) is 47.4 Å². The summed E-state index contributed by atoms with van der Waals surface area (Å²) in [4.78, 5) is 54.3. The van der Waals surface area contributed by atoms with Crippen molar-refractivity contribution >= 4 is 17.8 Å². The molecule has 3 N–H and O–H groups in total. The summed E-state index contributed by atoms with van der Waals surface area (Å²) < 4.78 is 5.58. The van der Waals surface area contributed by atoms with Crippen molar-refractivity contribution in [3.63, 3.8) is 0 Å². The lowest BCUT2D eigenvalue weighted by Gasteiger charge is -2.31. The maximum absolute atomic E-state index is 13.3. The third-order valence-electron chi connectivity index (χ3n) is 6.30. The molecule has 3 heterocycles. The Morgan fingerprint density at radius 1 is 1.00 bits per heavy atom. The van der Waals surface area contributed by atoms with Gasteiger partial charge in [-0.2, -0.15) is 0 Å². The van der Waals surface area contributed by atoms with E-state index in [-0.39, 0.29) is 24.6 Å². The van der Waals surface area contributed by atoms with Crippen molar-refractivity contribution in [1.29, 1.82) is 0 Å². The second-order valence-electron chi connectivity index (χ2n) is 8.53. The van der Waals surface area contributed by atoms with Gasteiger partial charge in [0.25, 0.3) is 11.8 Å². The number of amides is 4. The summed E-state index contributed by atoms with van der Waals surface area (Å²) in [7, 11) is 0. The van der Waals surface area contributed by atoms with Crippen LogP contribution in [0.5, 0.6) is 5.75 Å². The summed E-state index contributed by atoms with van der Waals surface area (Å²) in [5.41, 5.74) is 1.61. The number of urea groups is 1. The van der Waals surface area contributed by atoms with Crippen molar-refractivity contribution in [2.75, 3.05) is 13.2 Å². The van der Waals surface area contributed by atoms with Crippen molar-refractivity contribution < 1.29 is 19.1 Å². The first-order chi connectivity index (χ1) is 17.4. The highest BCUT2D eigenvalue weighted by Gasteiger charge is 2.50. The summed E-state index contributed by atoms with van der Waals surface area (Å²) in [5.74, 6) is 5.30. The first kappa shape index (κ1) is 22.9. The maximum atomic E-state index is 13.3. The van der Waals surface area contributed by atoms with E-state index < -0.39 is 17.5 Å². The summed E-state index contributed by atoms with van der Waals surface area (Å²) in [6, 6.07) is 14.9. The minimum Gasteiger partial charge on any atom is -0.481 e. The number of aromatic amines is 1. The number of ether oxygens (including phenoxy) is 1. The number of nitrogens with one attached hydrogen (secondary N) is 3. The standard InChI is InChI=1S/C27H22N4O5/c1-2-3-12-36-21-9-6-19-15-31(24(33)22(19)14-21)16-27(25(34)29-26(35)30-27)20-7-4-17(5-8-20)18-10-11-28-23(32)13-18/h4-11,13-14H,12,15-16H2,1H3,(H,28,32)(H2,29,30,34,35)/t27-/m0/s1. The van der Waals surface area contributed by atoms with Crippen LogP contribution in [-0.4, -0.2) is 40.9 Å². The van der Waals surface area contributed by atoms with Gasteiger partial charge >= 0.3 is 6.03 Å². The predicted octanol–water partition coefficient (Wildman–Crippen LogP) is 2.13. The average Bonchev–Trinajstić information content (AvgIpc) is 3.34. The molecule has 0 saturated carbocycles. The lowest BCUT2D eigenvalue weighted by Crippen LogP contribution is -2.52. The minimum atomic E-state index is -1.46. The normalized spacial score (nSPS) is 18.2. The van der Waals surface area contributed by atoms with E-state index in [0.717, 1.165) is 11.1 Å². The Morgan fingerprint density at radius 3 is 2.50 bits per heavy atom. The summed E-state index contributed by atoms with van der Waals surface area (Å²) in [6.07, 6.45) is 1.56. The van der Waals surface area contributed by atoms with E-state index in [2.05, 4.69) is 27.5 Å². The molecule has 4 amide bonds. The van der Waals surface area contributed by atoms with Gasteiger partial charge in [0.2, 0.25) is 5.56 Å². The Morgan fingerprint density at radius 2 is 1.81 bits per heavy atom. The molecule has 2 aromatic carbocycles. The summed E-state index contributed by atoms with van der Waals surface area (Å²) in [6.45, 7) is 2.17. The molecule has 1 aromatic heterocycles. The fraction of sp³-hybridized carbons (Fsp3) is 0.185. The first-order valence-electron chi connectivity index (χ1n) is 11.3. The van der Waals surface area contributed by atoms with Crippen LogP contribution in [0.25, 0.3) is 11.1 Å². The SMILES string of the molecule is CC#CCOc1ccc2c(c1)C(=O)N(C[C@@]1(c3ccc(-c4cc[nH]c(=O)c4)cc3)NC(=O)NC1=O)C2. The fourth-order valence-corrected chi connectivity index (χ4v) is 4.50. The van der Waals surface area contributed by atoms with Gasteiger partial charge in [-0.25, -0.2) is 4.79 Å². The molecule has 1 saturated heterocycles. The molecule has 0 bridgehead atoms. The van der Waals surface area contributed by atoms with E-state index in [1.807, 2.05) is 6.07 Å². The van der Waals surface area contributed by atoms with E-state index in [1.165, 1.54) is 11.0 Å². The average molecular weight is 482 g/mol. The molecule has 9 heteroatoms. The number of nitrogens with zero attached hydrogens (tertiary/aromatic N) is 1. The molecule has 180 valence electrons.